The van der Waals surface area contributed by atoms with E-state index in [-0.39, 0.29) is 19.5 Å². The van der Waals surface area contributed by atoms with E-state index in [0.29, 0.717) is 0 Å². The Morgan fingerprint density at radius 1 is 0.379 bits per heavy atom. The van der Waals surface area contributed by atoms with Gasteiger partial charge in [0.25, 0.3) is 0 Å². The molecule has 29 heavy (non-hydrogen) atoms. The Morgan fingerprint density at radius 2 is 0.759 bits per heavy atom. The minimum Gasteiger partial charge on any atom is -0.256 e. The predicted octanol–water partition coefficient (Wildman–Crippen LogP) is 6.77. The zero-order valence-electron chi connectivity index (χ0n) is 15.6. The summed E-state index contributed by atoms with van der Waals surface area (Å²) in [7, 11) is 0. The summed E-state index contributed by atoms with van der Waals surface area (Å²) in [6.07, 6.45) is 3.68. The van der Waals surface area contributed by atoms with E-state index >= 15 is 0 Å². The SMILES string of the molecule is [Ru+3].c1ccc2c(c1)ccc1cccnc12.c1ccc2c(c1)ccc1cccnc12. The monoisotopic (exact) mass is 460 g/mol. The van der Waals surface area contributed by atoms with Crippen molar-refractivity contribution in [3.63, 3.8) is 0 Å². The number of fused-ring (bicyclic) bond motifs is 6. The first-order valence-electron chi connectivity index (χ1n) is 9.35. The number of pyridine rings is 2. The summed E-state index contributed by atoms with van der Waals surface area (Å²) in [5.74, 6) is 0. The van der Waals surface area contributed by atoms with Gasteiger partial charge in [-0.1, -0.05) is 84.9 Å². The van der Waals surface area contributed by atoms with Gasteiger partial charge in [0, 0.05) is 33.9 Å². The van der Waals surface area contributed by atoms with Gasteiger partial charge in [-0.15, -0.1) is 0 Å². The van der Waals surface area contributed by atoms with Gasteiger partial charge in [0.1, 0.15) is 0 Å². The van der Waals surface area contributed by atoms with E-state index in [1.807, 2.05) is 24.5 Å². The van der Waals surface area contributed by atoms with Gasteiger partial charge in [0.15, 0.2) is 0 Å². The molecule has 0 aliphatic carbocycles. The van der Waals surface area contributed by atoms with Crippen molar-refractivity contribution in [3.05, 3.63) is 109 Å². The maximum Gasteiger partial charge on any atom is 3.00 e. The second-order valence-electron chi connectivity index (χ2n) is 6.72. The summed E-state index contributed by atoms with van der Waals surface area (Å²) in [5, 5.41) is 7.35. The van der Waals surface area contributed by atoms with E-state index in [4.69, 9.17) is 0 Å². The summed E-state index contributed by atoms with van der Waals surface area (Å²) >= 11 is 0. The van der Waals surface area contributed by atoms with Crippen LogP contribution in [0.5, 0.6) is 0 Å². The molecule has 6 rings (SSSR count). The fraction of sp³-hybridized carbons (Fsp3) is 0. The first kappa shape index (κ1) is 19.2. The van der Waals surface area contributed by atoms with E-state index in [1.54, 1.807) is 0 Å². The largest absolute Gasteiger partial charge is 3.00 e. The third-order valence-electron chi connectivity index (χ3n) is 4.99. The Morgan fingerprint density at radius 3 is 1.24 bits per heavy atom. The molecule has 1 radical (unpaired) electrons. The van der Waals surface area contributed by atoms with Crippen molar-refractivity contribution < 1.29 is 19.5 Å². The first-order chi connectivity index (χ1) is 13.9. The van der Waals surface area contributed by atoms with Crippen LogP contribution < -0.4 is 0 Å². The van der Waals surface area contributed by atoms with Gasteiger partial charge in [-0.05, 0) is 22.9 Å². The number of aromatic nitrogens is 2. The third kappa shape index (κ3) is 3.74. The van der Waals surface area contributed by atoms with Crippen molar-refractivity contribution in [1.82, 2.24) is 9.97 Å². The number of rotatable bonds is 0. The number of hydrogen-bond donors (Lipinski definition) is 0. The summed E-state index contributed by atoms with van der Waals surface area (Å²) in [6, 6.07) is 33.3. The Kier molecular flexibility index (Phi) is 5.60. The van der Waals surface area contributed by atoms with Crippen LogP contribution in [0.3, 0.4) is 0 Å². The van der Waals surface area contributed by atoms with Gasteiger partial charge in [0.05, 0.1) is 11.0 Å². The molecular weight excluding hydrogens is 441 g/mol. The maximum absolute atomic E-state index is 4.41. The van der Waals surface area contributed by atoms with Crippen LogP contribution in [0.25, 0.3) is 43.4 Å². The molecule has 0 saturated heterocycles. The molecule has 3 heteroatoms. The molecule has 0 aliphatic rings. The molecule has 6 aromatic rings. The second kappa shape index (κ2) is 8.47. The molecule has 0 saturated carbocycles. The van der Waals surface area contributed by atoms with Crippen LogP contribution >= 0.6 is 0 Å². The minimum atomic E-state index is 0. The van der Waals surface area contributed by atoms with Crippen LogP contribution in [0.4, 0.5) is 0 Å². The van der Waals surface area contributed by atoms with Crippen molar-refractivity contribution >= 4 is 43.4 Å². The molecule has 0 fully saturated rings. The normalized spacial score (nSPS) is 10.5. The maximum atomic E-state index is 4.41. The summed E-state index contributed by atoms with van der Waals surface area (Å²) < 4.78 is 0. The van der Waals surface area contributed by atoms with E-state index < -0.39 is 0 Å². The fourth-order valence-corrected chi connectivity index (χ4v) is 3.63. The van der Waals surface area contributed by atoms with Gasteiger partial charge >= 0.3 is 19.5 Å². The average molecular weight is 460 g/mol. The Labute approximate surface area is 182 Å². The van der Waals surface area contributed by atoms with Gasteiger partial charge in [-0.3, -0.25) is 9.97 Å². The topological polar surface area (TPSA) is 25.8 Å². The standard InChI is InChI=1S/2C13H9N.Ru/c2*1-2-6-12-10(4-1)7-8-11-5-3-9-14-13(11)12;/h2*1-9H;/q;;+3. The molecular formula is C26H18N2Ru+3. The summed E-state index contributed by atoms with van der Waals surface area (Å²) in [6.45, 7) is 0. The van der Waals surface area contributed by atoms with Gasteiger partial charge in [-0.2, -0.15) is 0 Å². The van der Waals surface area contributed by atoms with E-state index in [9.17, 15) is 0 Å². The molecule has 0 N–H and O–H groups in total. The fourth-order valence-electron chi connectivity index (χ4n) is 3.63. The molecule has 0 bridgehead atoms. The smallest absolute Gasteiger partial charge is 0.256 e. The van der Waals surface area contributed by atoms with Crippen LogP contribution in [-0.2, 0) is 19.5 Å². The van der Waals surface area contributed by atoms with Gasteiger partial charge in [0.2, 0.25) is 0 Å². The Bertz CT molecular complexity index is 1210. The molecule has 2 nitrogen and oxygen atoms in total. The molecule has 2 aromatic heterocycles. The van der Waals surface area contributed by atoms with Gasteiger partial charge in [-0.25, -0.2) is 0 Å². The van der Waals surface area contributed by atoms with Gasteiger partial charge < -0.3 is 0 Å². The van der Waals surface area contributed by atoms with Crippen molar-refractivity contribution in [1.29, 1.82) is 0 Å². The van der Waals surface area contributed by atoms with Crippen LogP contribution in [0.2, 0.25) is 0 Å². The first-order valence-corrected chi connectivity index (χ1v) is 9.35. The molecule has 137 valence electrons. The van der Waals surface area contributed by atoms with Crippen molar-refractivity contribution in [2.24, 2.45) is 0 Å². The summed E-state index contributed by atoms with van der Waals surface area (Å²) in [5.41, 5.74) is 2.18. The zero-order valence-corrected chi connectivity index (χ0v) is 17.4. The molecule has 0 spiro atoms. The molecule has 0 atom stereocenters. The Hall–Kier alpha value is -3.16. The average Bonchev–Trinajstić information content (AvgIpc) is 2.79. The second-order valence-corrected chi connectivity index (χ2v) is 6.72. The quantitative estimate of drug-likeness (QED) is 0.185. The molecule has 0 amide bonds. The van der Waals surface area contributed by atoms with E-state index in [2.05, 4.69) is 94.9 Å². The number of hydrogen-bond acceptors (Lipinski definition) is 2. The zero-order chi connectivity index (χ0) is 18.8. The van der Waals surface area contributed by atoms with Crippen LogP contribution in [0.1, 0.15) is 0 Å². The van der Waals surface area contributed by atoms with Crippen LogP contribution in [-0.4, -0.2) is 9.97 Å². The molecule has 4 aromatic carbocycles. The van der Waals surface area contributed by atoms with Crippen LogP contribution in [0.15, 0.2) is 109 Å². The Balaban J connectivity index is 0.000000137. The van der Waals surface area contributed by atoms with E-state index in [0.717, 1.165) is 11.0 Å². The van der Waals surface area contributed by atoms with Crippen molar-refractivity contribution in [2.75, 3.05) is 0 Å². The summed E-state index contributed by atoms with van der Waals surface area (Å²) in [4.78, 5) is 8.82. The predicted molar refractivity (Wildman–Crippen MR) is 118 cm³/mol. The molecule has 0 aliphatic heterocycles. The molecule has 2 heterocycles. The third-order valence-corrected chi connectivity index (χ3v) is 4.99. The van der Waals surface area contributed by atoms with E-state index in [1.165, 1.54) is 32.3 Å². The number of nitrogens with zero attached hydrogens (tertiary/aromatic N) is 2. The van der Waals surface area contributed by atoms with Crippen molar-refractivity contribution in [2.45, 2.75) is 0 Å². The minimum absolute atomic E-state index is 0. The van der Waals surface area contributed by atoms with Crippen LogP contribution in [0, 0.1) is 0 Å². The number of benzene rings is 4. The molecule has 0 unspecified atom stereocenters. The van der Waals surface area contributed by atoms with Crippen molar-refractivity contribution in [3.8, 4) is 0 Å².